The van der Waals surface area contributed by atoms with Gasteiger partial charge < -0.3 is 19.5 Å². The molecule has 1 amide bonds. The molecular formula is C26H32N4O2. The van der Waals surface area contributed by atoms with E-state index in [1.54, 1.807) is 7.11 Å². The number of aryl methyl sites for hydroxylation is 2. The number of fused-ring (bicyclic) bond motifs is 4. The zero-order valence-electron chi connectivity index (χ0n) is 19.5. The lowest BCUT2D eigenvalue weighted by atomic mass is 9.82. The first kappa shape index (κ1) is 21.0. The third-order valence-electron chi connectivity index (χ3n) is 7.35. The van der Waals surface area contributed by atoms with Crippen LogP contribution in [0.4, 0.5) is 5.69 Å². The first-order valence-corrected chi connectivity index (χ1v) is 11.5. The van der Waals surface area contributed by atoms with E-state index in [4.69, 9.17) is 9.72 Å². The predicted octanol–water partition coefficient (Wildman–Crippen LogP) is 3.89. The van der Waals surface area contributed by atoms with Crippen LogP contribution in [0.1, 0.15) is 45.7 Å². The summed E-state index contributed by atoms with van der Waals surface area (Å²) in [5, 5.41) is 3.92. The highest BCUT2D eigenvalue weighted by atomic mass is 16.5. The van der Waals surface area contributed by atoms with Gasteiger partial charge in [0.2, 0.25) is 0 Å². The minimum Gasteiger partial charge on any atom is -0.385 e. The Morgan fingerprint density at radius 3 is 2.69 bits per heavy atom. The van der Waals surface area contributed by atoms with Crippen molar-refractivity contribution in [1.82, 2.24) is 14.5 Å². The molecule has 3 aromatic rings. The number of ether oxygens (including phenoxy) is 1. The van der Waals surface area contributed by atoms with E-state index >= 15 is 0 Å². The summed E-state index contributed by atoms with van der Waals surface area (Å²) >= 11 is 0. The topological polar surface area (TPSA) is 59.4 Å². The van der Waals surface area contributed by atoms with E-state index in [1.807, 2.05) is 32.0 Å². The van der Waals surface area contributed by atoms with E-state index in [2.05, 4.69) is 34.1 Å². The standard InChI is InChI=1S/C26H32N4O2/c1-17-27-24-22(30(17)3)14-21(25(31)29(2)12-7-13-32-4)20-10-11-26(28-23(20)24)15-18-8-5-6-9-19(18)16-26/h5-6,8-9,14,28H,7,10-13,15-16H2,1-4H3. The zero-order chi connectivity index (χ0) is 22.5. The molecular weight excluding hydrogens is 400 g/mol. The summed E-state index contributed by atoms with van der Waals surface area (Å²) < 4.78 is 7.25. The van der Waals surface area contributed by atoms with Gasteiger partial charge in [-0.25, -0.2) is 4.98 Å². The summed E-state index contributed by atoms with van der Waals surface area (Å²) in [6.45, 7) is 3.35. The summed E-state index contributed by atoms with van der Waals surface area (Å²) in [5.74, 6) is 1.03. The molecule has 2 aromatic carbocycles. The molecule has 0 atom stereocenters. The molecule has 2 heterocycles. The SMILES string of the molecule is COCCCN(C)C(=O)c1cc2c(nc(C)n2C)c2c1CCC1(Cc3ccccc3C1)N2. The average molecular weight is 433 g/mol. The van der Waals surface area contributed by atoms with Gasteiger partial charge in [-0.05, 0) is 61.8 Å². The number of hydrogen-bond acceptors (Lipinski definition) is 4. The van der Waals surface area contributed by atoms with Gasteiger partial charge in [0.25, 0.3) is 5.91 Å². The molecule has 0 radical (unpaired) electrons. The van der Waals surface area contributed by atoms with E-state index < -0.39 is 0 Å². The number of carbonyl (C=O) groups excluding carboxylic acids is 1. The van der Waals surface area contributed by atoms with Gasteiger partial charge in [0.15, 0.2) is 0 Å². The Kier molecular flexibility index (Phi) is 5.20. The maximum atomic E-state index is 13.5. The maximum Gasteiger partial charge on any atom is 0.254 e. The van der Waals surface area contributed by atoms with E-state index in [0.717, 1.165) is 65.8 Å². The number of nitrogens with one attached hydrogen (secondary N) is 1. The lowest BCUT2D eigenvalue weighted by Crippen LogP contribution is -2.43. The van der Waals surface area contributed by atoms with Gasteiger partial charge in [0.05, 0.1) is 11.2 Å². The van der Waals surface area contributed by atoms with Crippen LogP contribution in [-0.4, -0.2) is 53.2 Å². The molecule has 6 nitrogen and oxygen atoms in total. The highest BCUT2D eigenvalue weighted by Gasteiger charge is 2.41. The molecule has 1 aliphatic heterocycles. The number of rotatable bonds is 5. The van der Waals surface area contributed by atoms with Crippen LogP contribution < -0.4 is 5.32 Å². The molecule has 0 fully saturated rings. The second-order valence-electron chi connectivity index (χ2n) is 9.46. The van der Waals surface area contributed by atoms with Crippen LogP contribution in [0, 0.1) is 6.92 Å². The van der Waals surface area contributed by atoms with Gasteiger partial charge in [0.1, 0.15) is 11.3 Å². The summed E-state index contributed by atoms with van der Waals surface area (Å²) in [7, 11) is 5.60. The van der Waals surface area contributed by atoms with Crippen molar-refractivity contribution in [2.24, 2.45) is 7.05 Å². The van der Waals surface area contributed by atoms with Crippen LogP contribution in [0.5, 0.6) is 0 Å². The van der Waals surface area contributed by atoms with Crippen LogP contribution in [0.3, 0.4) is 0 Å². The Bertz CT molecular complexity index is 1170. The minimum absolute atomic E-state index is 0.00107. The molecule has 2 aliphatic rings. The minimum atomic E-state index is 0.00107. The summed E-state index contributed by atoms with van der Waals surface area (Å²) in [4.78, 5) is 20.2. The molecule has 0 unspecified atom stereocenters. The Balaban J connectivity index is 1.56. The molecule has 1 N–H and O–H groups in total. The molecule has 0 saturated carbocycles. The highest BCUT2D eigenvalue weighted by molar-refractivity contribution is 6.04. The van der Waals surface area contributed by atoms with Gasteiger partial charge >= 0.3 is 0 Å². The van der Waals surface area contributed by atoms with Crippen molar-refractivity contribution < 1.29 is 9.53 Å². The van der Waals surface area contributed by atoms with Gasteiger partial charge in [-0.1, -0.05) is 24.3 Å². The number of methoxy groups -OCH3 is 1. The fraction of sp³-hybridized carbons (Fsp3) is 0.462. The molecule has 168 valence electrons. The Labute approximate surface area is 189 Å². The second kappa shape index (κ2) is 7.93. The Morgan fingerprint density at radius 1 is 1.28 bits per heavy atom. The third kappa shape index (κ3) is 3.37. The van der Waals surface area contributed by atoms with E-state index in [-0.39, 0.29) is 11.4 Å². The summed E-state index contributed by atoms with van der Waals surface area (Å²) in [5.41, 5.74) is 7.82. The molecule has 1 spiro atoms. The average Bonchev–Trinajstić information content (AvgIpc) is 3.29. The van der Waals surface area contributed by atoms with Crippen molar-refractivity contribution in [3.05, 3.63) is 58.4 Å². The quantitative estimate of drug-likeness (QED) is 0.622. The highest BCUT2D eigenvalue weighted by Crippen LogP contribution is 2.44. The first-order chi connectivity index (χ1) is 15.4. The van der Waals surface area contributed by atoms with Crippen LogP contribution in [-0.2, 0) is 31.0 Å². The van der Waals surface area contributed by atoms with Gasteiger partial charge in [-0.3, -0.25) is 4.79 Å². The normalized spacial score (nSPS) is 16.1. The van der Waals surface area contributed by atoms with Crippen LogP contribution in [0.15, 0.2) is 30.3 Å². The molecule has 5 rings (SSSR count). The van der Waals surface area contributed by atoms with Gasteiger partial charge in [0, 0.05) is 45.5 Å². The number of carbonyl (C=O) groups is 1. The summed E-state index contributed by atoms with van der Waals surface area (Å²) in [6.07, 6.45) is 4.76. The van der Waals surface area contributed by atoms with Crippen LogP contribution in [0.2, 0.25) is 0 Å². The largest absolute Gasteiger partial charge is 0.385 e. The predicted molar refractivity (Wildman–Crippen MR) is 127 cm³/mol. The summed E-state index contributed by atoms with van der Waals surface area (Å²) in [6, 6.07) is 10.8. The molecule has 32 heavy (non-hydrogen) atoms. The smallest absolute Gasteiger partial charge is 0.254 e. The Morgan fingerprint density at radius 2 is 2.00 bits per heavy atom. The van der Waals surface area contributed by atoms with Crippen molar-refractivity contribution in [3.63, 3.8) is 0 Å². The molecule has 1 aromatic heterocycles. The Hall–Kier alpha value is -2.86. The van der Waals surface area contributed by atoms with Crippen LogP contribution in [0.25, 0.3) is 11.0 Å². The number of benzene rings is 2. The number of nitrogens with zero attached hydrogens (tertiary/aromatic N) is 3. The monoisotopic (exact) mass is 432 g/mol. The van der Waals surface area contributed by atoms with Crippen LogP contribution >= 0.6 is 0 Å². The lowest BCUT2D eigenvalue weighted by molar-refractivity contribution is 0.0778. The number of imidazole rings is 1. The fourth-order valence-electron chi connectivity index (χ4n) is 5.47. The van der Waals surface area contributed by atoms with Crippen molar-refractivity contribution >= 4 is 22.6 Å². The number of hydrogen-bond donors (Lipinski definition) is 1. The molecule has 0 saturated heterocycles. The number of aromatic nitrogens is 2. The number of anilines is 1. The molecule has 0 bridgehead atoms. The fourth-order valence-corrected chi connectivity index (χ4v) is 5.47. The molecule has 1 aliphatic carbocycles. The second-order valence-corrected chi connectivity index (χ2v) is 9.46. The van der Waals surface area contributed by atoms with E-state index in [0.29, 0.717) is 13.2 Å². The maximum absolute atomic E-state index is 13.5. The van der Waals surface area contributed by atoms with Gasteiger partial charge in [-0.15, -0.1) is 0 Å². The zero-order valence-corrected chi connectivity index (χ0v) is 19.5. The van der Waals surface area contributed by atoms with E-state index in [1.165, 1.54) is 11.1 Å². The first-order valence-electron chi connectivity index (χ1n) is 11.5. The van der Waals surface area contributed by atoms with Crippen molar-refractivity contribution in [2.45, 2.75) is 44.6 Å². The number of amides is 1. The van der Waals surface area contributed by atoms with E-state index in [9.17, 15) is 4.79 Å². The van der Waals surface area contributed by atoms with Crippen molar-refractivity contribution in [1.29, 1.82) is 0 Å². The van der Waals surface area contributed by atoms with Crippen molar-refractivity contribution in [3.8, 4) is 0 Å². The lowest BCUT2D eigenvalue weighted by Gasteiger charge is -2.38. The van der Waals surface area contributed by atoms with Crippen molar-refractivity contribution in [2.75, 3.05) is 32.6 Å². The molecule has 6 heteroatoms. The third-order valence-corrected chi connectivity index (χ3v) is 7.35. The van der Waals surface area contributed by atoms with Gasteiger partial charge in [-0.2, -0.15) is 0 Å².